The van der Waals surface area contributed by atoms with E-state index in [4.69, 9.17) is 10.5 Å². The third-order valence-electron chi connectivity index (χ3n) is 2.06. The van der Waals surface area contributed by atoms with Crippen LogP contribution >= 0.6 is 0 Å². The molecule has 1 atom stereocenters. The molecule has 4 heteroatoms. The molecule has 0 fully saturated rings. The second-order valence-electron chi connectivity index (χ2n) is 3.77. The minimum atomic E-state index is 0.118. The summed E-state index contributed by atoms with van der Waals surface area (Å²) in [6, 6.07) is 0.191. The normalized spacial score (nSPS) is 12.5. The molecule has 4 nitrogen and oxygen atoms in total. The fourth-order valence-corrected chi connectivity index (χ4v) is 1.22. The molecule has 90 valence electrons. The number of ether oxygens (including phenoxy) is 1. The molecule has 0 radical (unpaired) electrons. The Balaban J connectivity index is 3.19. The van der Waals surface area contributed by atoms with Crippen LogP contribution in [0.25, 0.3) is 0 Å². The van der Waals surface area contributed by atoms with Gasteiger partial charge >= 0.3 is 0 Å². The zero-order chi connectivity index (χ0) is 11.5. The van der Waals surface area contributed by atoms with Crippen molar-refractivity contribution in [1.29, 1.82) is 0 Å². The van der Waals surface area contributed by atoms with Crippen molar-refractivity contribution in [3.63, 3.8) is 0 Å². The smallest absolute Gasteiger partial charge is 0.219 e. The van der Waals surface area contributed by atoms with E-state index >= 15 is 0 Å². The Hall–Kier alpha value is -0.610. The van der Waals surface area contributed by atoms with Crippen LogP contribution in [-0.2, 0) is 9.53 Å². The van der Waals surface area contributed by atoms with Crippen LogP contribution in [0.1, 0.15) is 39.5 Å². The van der Waals surface area contributed by atoms with E-state index in [1.165, 1.54) is 0 Å². The van der Waals surface area contributed by atoms with Crippen molar-refractivity contribution in [2.24, 2.45) is 5.73 Å². The van der Waals surface area contributed by atoms with Gasteiger partial charge in [-0.3, -0.25) is 4.79 Å². The van der Waals surface area contributed by atoms with Crippen LogP contribution in [0.15, 0.2) is 0 Å². The van der Waals surface area contributed by atoms with E-state index < -0.39 is 0 Å². The topological polar surface area (TPSA) is 64.3 Å². The highest BCUT2D eigenvalue weighted by atomic mass is 16.5. The molecule has 0 aromatic carbocycles. The molecule has 0 aliphatic heterocycles. The Morgan fingerprint density at radius 1 is 1.47 bits per heavy atom. The fourth-order valence-electron chi connectivity index (χ4n) is 1.22. The molecule has 0 spiro atoms. The molecule has 0 aromatic heterocycles. The lowest BCUT2D eigenvalue weighted by Crippen LogP contribution is -2.25. The van der Waals surface area contributed by atoms with E-state index in [9.17, 15) is 4.79 Å². The molecule has 0 aliphatic rings. The maximum atomic E-state index is 11.3. The maximum Gasteiger partial charge on any atom is 0.219 e. The van der Waals surface area contributed by atoms with Gasteiger partial charge in [0.1, 0.15) is 0 Å². The number of hydrogen-bond acceptors (Lipinski definition) is 3. The lowest BCUT2D eigenvalue weighted by molar-refractivity contribution is -0.121. The third-order valence-corrected chi connectivity index (χ3v) is 2.06. The number of amides is 1. The van der Waals surface area contributed by atoms with Gasteiger partial charge in [0.15, 0.2) is 0 Å². The number of nitrogens with two attached hydrogens (primary N) is 1. The van der Waals surface area contributed by atoms with Gasteiger partial charge in [-0.15, -0.1) is 0 Å². The van der Waals surface area contributed by atoms with Gasteiger partial charge in [0, 0.05) is 32.2 Å². The first-order valence-corrected chi connectivity index (χ1v) is 5.76. The number of carbonyl (C=O) groups is 1. The second kappa shape index (κ2) is 9.93. The van der Waals surface area contributed by atoms with Crippen molar-refractivity contribution < 1.29 is 9.53 Å². The quantitative estimate of drug-likeness (QED) is 0.566. The summed E-state index contributed by atoms with van der Waals surface area (Å²) in [4.78, 5) is 11.3. The summed E-state index contributed by atoms with van der Waals surface area (Å²) >= 11 is 0. The monoisotopic (exact) mass is 216 g/mol. The van der Waals surface area contributed by atoms with Crippen molar-refractivity contribution in [1.82, 2.24) is 5.32 Å². The molecule has 1 unspecified atom stereocenters. The van der Waals surface area contributed by atoms with Crippen LogP contribution in [0.5, 0.6) is 0 Å². The molecule has 0 aliphatic carbocycles. The van der Waals surface area contributed by atoms with Crippen LogP contribution in [-0.4, -0.2) is 31.7 Å². The fraction of sp³-hybridized carbons (Fsp3) is 0.909. The van der Waals surface area contributed by atoms with Crippen molar-refractivity contribution in [2.45, 2.75) is 45.6 Å². The van der Waals surface area contributed by atoms with E-state index in [1.54, 1.807) is 0 Å². The summed E-state index contributed by atoms with van der Waals surface area (Å²) in [6.07, 6.45) is 3.24. The van der Waals surface area contributed by atoms with E-state index in [-0.39, 0.29) is 11.9 Å². The molecule has 0 heterocycles. The van der Waals surface area contributed by atoms with Crippen LogP contribution in [0, 0.1) is 0 Å². The number of nitrogens with one attached hydrogen (secondary N) is 1. The maximum absolute atomic E-state index is 11.3. The molecule has 0 rings (SSSR count). The van der Waals surface area contributed by atoms with Gasteiger partial charge in [-0.1, -0.05) is 0 Å². The average molecular weight is 216 g/mol. The van der Waals surface area contributed by atoms with Gasteiger partial charge in [0.2, 0.25) is 5.91 Å². The Bertz CT molecular complexity index is 161. The van der Waals surface area contributed by atoms with Gasteiger partial charge in [0.25, 0.3) is 0 Å². The van der Waals surface area contributed by atoms with Crippen LogP contribution in [0.2, 0.25) is 0 Å². The molecule has 0 bridgehead atoms. The van der Waals surface area contributed by atoms with Gasteiger partial charge in [-0.05, 0) is 33.1 Å². The predicted octanol–water partition coefficient (Wildman–Crippen LogP) is 1.05. The van der Waals surface area contributed by atoms with Gasteiger partial charge in [-0.2, -0.15) is 0 Å². The molecule has 1 amide bonds. The molecule has 0 saturated carbocycles. The van der Waals surface area contributed by atoms with Crippen LogP contribution in [0.3, 0.4) is 0 Å². The SMILES string of the molecule is CCOCCCNC(=O)CCCC(C)N. The predicted molar refractivity (Wildman–Crippen MR) is 61.6 cm³/mol. The minimum Gasteiger partial charge on any atom is -0.382 e. The first-order valence-electron chi connectivity index (χ1n) is 5.76. The molecule has 0 aromatic rings. The zero-order valence-corrected chi connectivity index (χ0v) is 9.92. The summed E-state index contributed by atoms with van der Waals surface area (Å²) in [5.41, 5.74) is 5.59. The van der Waals surface area contributed by atoms with Crippen LogP contribution in [0.4, 0.5) is 0 Å². The van der Waals surface area contributed by atoms with Gasteiger partial charge in [0.05, 0.1) is 0 Å². The molecule has 0 saturated heterocycles. The summed E-state index contributed by atoms with van der Waals surface area (Å²) in [7, 11) is 0. The van der Waals surface area contributed by atoms with E-state index in [0.717, 1.165) is 32.5 Å². The number of carbonyl (C=O) groups excluding carboxylic acids is 1. The molecule has 15 heavy (non-hydrogen) atoms. The van der Waals surface area contributed by atoms with E-state index in [1.807, 2.05) is 13.8 Å². The average Bonchev–Trinajstić information content (AvgIpc) is 2.17. The minimum absolute atomic E-state index is 0.118. The zero-order valence-electron chi connectivity index (χ0n) is 9.92. The van der Waals surface area contributed by atoms with Crippen molar-refractivity contribution in [2.75, 3.05) is 19.8 Å². The second-order valence-corrected chi connectivity index (χ2v) is 3.77. The van der Waals surface area contributed by atoms with Crippen molar-refractivity contribution >= 4 is 5.91 Å². The number of hydrogen-bond donors (Lipinski definition) is 2. The largest absolute Gasteiger partial charge is 0.382 e. The summed E-state index contributed by atoms with van der Waals surface area (Å²) < 4.78 is 5.16. The number of rotatable bonds is 9. The Morgan fingerprint density at radius 3 is 2.80 bits per heavy atom. The lowest BCUT2D eigenvalue weighted by Gasteiger charge is -2.06. The summed E-state index contributed by atoms with van der Waals surface area (Å²) in [5, 5.41) is 2.86. The summed E-state index contributed by atoms with van der Waals surface area (Å²) in [6.45, 7) is 6.09. The van der Waals surface area contributed by atoms with E-state index in [0.29, 0.717) is 13.0 Å². The van der Waals surface area contributed by atoms with Crippen molar-refractivity contribution in [3.8, 4) is 0 Å². The lowest BCUT2D eigenvalue weighted by atomic mass is 10.1. The van der Waals surface area contributed by atoms with Crippen LogP contribution < -0.4 is 11.1 Å². The molecular formula is C11H24N2O2. The summed E-state index contributed by atoms with van der Waals surface area (Å²) in [5.74, 6) is 0.118. The first kappa shape index (κ1) is 14.4. The third kappa shape index (κ3) is 11.3. The Labute approximate surface area is 92.6 Å². The van der Waals surface area contributed by atoms with Gasteiger partial charge in [-0.25, -0.2) is 0 Å². The standard InChI is InChI=1S/C11H24N2O2/c1-3-15-9-5-8-13-11(14)7-4-6-10(2)12/h10H,3-9,12H2,1-2H3,(H,13,14). The first-order chi connectivity index (χ1) is 7.16. The molecular weight excluding hydrogens is 192 g/mol. The van der Waals surface area contributed by atoms with Gasteiger partial charge < -0.3 is 15.8 Å². The Morgan fingerprint density at radius 2 is 2.20 bits per heavy atom. The highest BCUT2D eigenvalue weighted by Crippen LogP contribution is 1.97. The molecule has 3 N–H and O–H groups in total. The highest BCUT2D eigenvalue weighted by molar-refractivity contribution is 5.75. The highest BCUT2D eigenvalue weighted by Gasteiger charge is 2.01. The Kier molecular flexibility index (Phi) is 9.52. The van der Waals surface area contributed by atoms with E-state index in [2.05, 4.69) is 5.32 Å². The van der Waals surface area contributed by atoms with Crippen molar-refractivity contribution in [3.05, 3.63) is 0 Å².